The van der Waals surface area contributed by atoms with Crippen LogP contribution in [-0.4, -0.2) is 23.1 Å². The van der Waals surface area contributed by atoms with E-state index in [2.05, 4.69) is 15.9 Å². The van der Waals surface area contributed by atoms with Gasteiger partial charge in [-0.1, -0.05) is 39.3 Å². The molecule has 0 fully saturated rings. The Morgan fingerprint density at radius 3 is 2.33 bits per heavy atom. The van der Waals surface area contributed by atoms with Gasteiger partial charge in [-0.25, -0.2) is 9.59 Å². The molecule has 0 saturated carbocycles. The molecule has 0 spiro atoms. The molecule has 1 rings (SSSR count). The van der Waals surface area contributed by atoms with Gasteiger partial charge in [0.15, 0.2) is 0 Å². The van der Waals surface area contributed by atoms with Crippen LogP contribution in [0.5, 0.6) is 0 Å². The lowest BCUT2D eigenvalue weighted by Crippen LogP contribution is -2.31. The average molecular weight is 378 g/mol. The predicted octanol–water partition coefficient (Wildman–Crippen LogP) is 4.78. The number of rotatable bonds is 4. The molecule has 4 nitrogen and oxygen atoms in total. The van der Waals surface area contributed by atoms with Gasteiger partial charge >= 0.3 is 11.9 Å². The molecule has 0 heterocycles. The van der Waals surface area contributed by atoms with Crippen LogP contribution in [0.4, 0.5) is 0 Å². The fourth-order valence-electron chi connectivity index (χ4n) is 1.96. The minimum absolute atomic E-state index is 0.0125. The van der Waals surface area contributed by atoms with E-state index in [0.29, 0.717) is 10.9 Å². The lowest BCUT2D eigenvalue weighted by molar-refractivity contribution is -0.00428. The van der Waals surface area contributed by atoms with Crippen molar-refractivity contribution in [3.63, 3.8) is 0 Å². The molecule has 1 unspecified atom stereocenters. The van der Waals surface area contributed by atoms with Crippen LogP contribution in [0, 0.1) is 5.41 Å². The lowest BCUT2D eigenvalue weighted by atomic mass is 9.87. The molecule has 0 bridgehead atoms. The van der Waals surface area contributed by atoms with Crippen molar-refractivity contribution in [1.29, 1.82) is 0 Å². The van der Waals surface area contributed by atoms with Crippen LogP contribution in [-0.2, 0) is 4.74 Å². The molecule has 0 aromatic heterocycles. The summed E-state index contributed by atoms with van der Waals surface area (Å²) in [7, 11) is 0. The molecule has 1 N–H and O–H groups in total. The van der Waals surface area contributed by atoms with Crippen LogP contribution >= 0.6 is 27.5 Å². The Morgan fingerprint density at radius 2 is 1.90 bits per heavy atom. The molecule has 0 aliphatic heterocycles. The molecular weight excluding hydrogens is 360 g/mol. The summed E-state index contributed by atoms with van der Waals surface area (Å²) in [4.78, 5) is 23.6. The zero-order valence-electron chi connectivity index (χ0n) is 12.4. The minimum atomic E-state index is -1.22. The van der Waals surface area contributed by atoms with Crippen molar-refractivity contribution in [3.8, 4) is 0 Å². The first-order valence-electron chi connectivity index (χ1n) is 6.51. The molecule has 0 aliphatic carbocycles. The summed E-state index contributed by atoms with van der Waals surface area (Å²) in [5.41, 5.74) is -0.407. The van der Waals surface area contributed by atoms with Gasteiger partial charge < -0.3 is 9.84 Å². The lowest BCUT2D eigenvalue weighted by Gasteiger charge is -2.29. The molecule has 21 heavy (non-hydrogen) atoms. The van der Waals surface area contributed by atoms with Gasteiger partial charge in [-0.2, -0.15) is 0 Å². The number of ether oxygens (including phenoxy) is 1. The fraction of sp³-hybridized carbons (Fsp3) is 0.467. The Bertz CT molecular complexity index is 564. The number of halogens is 2. The van der Waals surface area contributed by atoms with E-state index in [1.54, 1.807) is 0 Å². The summed E-state index contributed by atoms with van der Waals surface area (Å²) in [6.07, 6.45) is 0.341. The number of benzene rings is 1. The number of carboxylic acid groups (broad SMARTS) is 1. The SMILES string of the molecule is CCC(OC(=O)c1cc(Br)c(Cl)cc1C(=O)O)C(C)(C)C. The first-order valence-corrected chi connectivity index (χ1v) is 7.68. The van der Waals surface area contributed by atoms with E-state index >= 15 is 0 Å². The highest BCUT2D eigenvalue weighted by Gasteiger charge is 2.29. The van der Waals surface area contributed by atoms with Crippen LogP contribution in [0.3, 0.4) is 0 Å². The summed E-state index contributed by atoms with van der Waals surface area (Å²) in [6.45, 7) is 7.80. The van der Waals surface area contributed by atoms with Crippen LogP contribution in [0.25, 0.3) is 0 Å². The Kier molecular flexibility index (Phi) is 5.82. The number of hydrogen-bond acceptors (Lipinski definition) is 3. The van der Waals surface area contributed by atoms with E-state index in [1.165, 1.54) is 12.1 Å². The second kappa shape index (κ2) is 6.79. The van der Waals surface area contributed by atoms with Crippen molar-refractivity contribution in [2.24, 2.45) is 5.41 Å². The van der Waals surface area contributed by atoms with Gasteiger partial charge in [-0.05, 0) is 39.9 Å². The van der Waals surface area contributed by atoms with Crippen molar-refractivity contribution < 1.29 is 19.4 Å². The summed E-state index contributed by atoms with van der Waals surface area (Å²) < 4.78 is 5.92. The zero-order valence-corrected chi connectivity index (χ0v) is 14.7. The predicted molar refractivity (Wildman–Crippen MR) is 85.1 cm³/mol. The third kappa shape index (κ3) is 4.45. The number of aromatic carboxylic acids is 1. The highest BCUT2D eigenvalue weighted by Crippen LogP contribution is 2.29. The van der Waals surface area contributed by atoms with Gasteiger partial charge in [0.2, 0.25) is 0 Å². The molecule has 0 saturated heterocycles. The number of esters is 1. The van der Waals surface area contributed by atoms with E-state index in [1.807, 2.05) is 27.7 Å². The van der Waals surface area contributed by atoms with Crippen molar-refractivity contribution >= 4 is 39.5 Å². The van der Waals surface area contributed by atoms with Crippen LogP contribution in [0.15, 0.2) is 16.6 Å². The van der Waals surface area contributed by atoms with Gasteiger partial charge in [-0.15, -0.1) is 0 Å². The van der Waals surface area contributed by atoms with E-state index in [9.17, 15) is 14.7 Å². The molecular formula is C15H18BrClO4. The average Bonchev–Trinajstić information content (AvgIpc) is 2.36. The molecule has 0 amide bonds. The quantitative estimate of drug-likeness (QED) is 0.767. The molecule has 6 heteroatoms. The third-order valence-corrected chi connectivity index (χ3v) is 4.29. The fourth-order valence-corrected chi connectivity index (χ4v) is 2.46. The number of carboxylic acids is 1. The standard InChI is InChI=1S/C15H18BrClO4/c1-5-12(15(2,3)4)21-14(20)9-6-10(16)11(17)7-8(9)13(18)19/h6-7,12H,5H2,1-4H3,(H,18,19). The zero-order chi connectivity index (χ0) is 16.4. The Labute approximate surface area is 137 Å². The molecule has 116 valence electrons. The van der Waals surface area contributed by atoms with Gasteiger partial charge in [0.05, 0.1) is 16.1 Å². The van der Waals surface area contributed by atoms with E-state index in [4.69, 9.17) is 16.3 Å². The molecule has 1 aromatic rings. The van der Waals surface area contributed by atoms with E-state index in [-0.39, 0.29) is 27.7 Å². The summed E-state index contributed by atoms with van der Waals surface area (Å²) >= 11 is 9.07. The second-order valence-electron chi connectivity index (χ2n) is 5.79. The first kappa shape index (κ1) is 18.0. The van der Waals surface area contributed by atoms with Crippen molar-refractivity contribution in [2.45, 2.75) is 40.2 Å². The molecule has 1 atom stereocenters. The Morgan fingerprint density at radius 1 is 1.33 bits per heavy atom. The highest BCUT2D eigenvalue weighted by atomic mass is 79.9. The van der Waals surface area contributed by atoms with Gasteiger partial charge in [0.1, 0.15) is 6.10 Å². The summed E-state index contributed by atoms with van der Waals surface area (Å²) in [5.74, 6) is -1.88. The molecule has 0 radical (unpaired) electrons. The van der Waals surface area contributed by atoms with Crippen molar-refractivity contribution in [2.75, 3.05) is 0 Å². The minimum Gasteiger partial charge on any atom is -0.478 e. The van der Waals surface area contributed by atoms with Gasteiger partial charge in [0.25, 0.3) is 0 Å². The van der Waals surface area contributed by atoms with E-state index in [0.717, 1.165) is 0 Å². The van der Waals surface area contributed by atoms with Crippen molar-refractivity contribution in [3.05, 3.63) is 32.8 Å². The van der Waals surface area contributed by atoms with Crippen LogP contribution < -0.4 is 0 Å². The number of carbonyl (C=O) groups is 2. The van der Waals surface area contributed by atoms with Crippen molar-refractivity contribution in [1.82, 2.24) is 0 Å². The maximum atomic E-state index is 12.3. The largest absolute Gasteiger partial charge is 0.478 e. The topological polar surface area (TPSA) is 63.6 Å². The summed E-state index contributed by atoms with van der Waals surface area (Å²) in [5, 5.41) is 9.43. The number of hydrogen-bond donors (Lipinski definition) is 1. The Balaban J connectivity index is 3.18. The van der Waals surface area contributed by atoms with Crippen LogP contribution in [0.1, 0.15) is 54.8 Å². The maximum Gasteiger partial charge on any atom is 0.339 e. The highest BCUT2D eigenvalue weighted by molar-refractivity contribution is 9.10. The summed E-state index contributed by atoms with van der Waals surface area (Å²) in [6, 6.07) is 2.62. The molecule has 0 aliphatic rings. The third-order valence-electron chi connectivity index (χ3n) is 3.10. The maximum absolute atomic E-state index is 12.3. The van der Waals surface area contributed by atoms with Crippen LogP contribution in [0.2, 0.25) is 5.02 Å². The van der Waals surface area contributed by atoms with Gasteiger partial charge in [-0.3, -0.25) is 0 Å². The van der Waals surface area contributed by atoms with E-state index < -0.39 is 11.9 Å². The number of carbonyl (C=O) groups excluding carboxylic acids is 1. The smallest absolute Gasteiger partial charge is 0.339 e. The Hall–Kier alpha value is -1.07. The normalized spacial score (nSPS) is 12.9. The van der Waals surface area contributed by atoms with Gasteiger partial charge in [0, 0.05) is 4.47 Å². The first-order chi connectivity index (χ1) is 9.57. The monoisotopic (exact) mass is 376 g/mol. The molecule has 1 aromatic carbocycles. The second-order valence-corrected chi connectivity index (χ2v) is 7.05.